The molecular weight excluding hydrogens is 566 g/mol. The number of nitrogens with one attached hydrogen (secondary N) is 2. The minimum atomic E-state index is -1.10. The van der Waals surface area contributed by atoms with E-state index in [-0.39, 0.29) is 19.0 Å². The number of halogens is 1. The van der Waals surface area contributed by atoms with Crippen LogP contribution in [0.4, 0.5) is 11.8 Å². The summed E-state index contributed by atoms with van der Waals surface area (Å²) in [5, 5.41) is 38.2. The van der Waals surface area contributed by atoms with E-state index in [1.54, 1.807) is 33.5 Å². The Morgan fingerprint density at radius 3 is 2.24 bits per heavy atom. The van der Waals surface area contributed by atoms with Gasteiger partial charge in [-0.1, -0.05) is 0 Å². The van der Waals surface area contributed by atoms with E-state index in [1.165, 1.54) is 0 Å². The Morgan fingerprint density at radius 1 is 0.905 bits per heavy atom. The van der Waals surface area contributed by atoms with Gasteiger partial charge in [-0.2, -0.15) is 4.98 Å². The van der Waals surface area contributed by atoms with Gasteiger partial charge in [-0.05, 0) is 44.0 Å². The quantitative estimate of drug-likeness (QED) is 0.180. The lowest BCUT2D eigenvalue weighted by molar-refractivity contribution is 0.00446. The van der Waals surface area contributed by atoms with Gasteiger partial charge in [0.2, 0.25) is 11.8 Å². The summed E-state index contributed by atoms with van der Waals surface area (Å²) in [5.74, 6) is 2.60. The molecule has 1 fully saturated rings. The predicted molar refractivity (Wildman–Crippen MR) is 160 cm³/mol. The smallest absolute Gasteiger partial charge is 0.225 e. The monoisotopic (exact) mass is 601 g/mol. The van der Waals surface area contributed by atoms with Crippen molar-refractivity contribution in [3.63, 3.8) is 0 Å². The molecule has 1 aliphatic carbocycles. The molecule has 3 aromatic heterocycles. The summed E-state index contributed by atoms with van der Waals surface area (Å²) < 4.78 is 22.3. The van der Waals surface area contributed by atoms with Gasteiger partial charge in [0.25, 0.3) is 0 Å². The van der Waals surface area contributed by atoms with Crippen molar-refractivity contribution in [3.8, 4) is 28.7 Å². The Bertz CT molecular complexity index is 1530. The van der Waals surface area contributed by atoms with Gasteiger partial charge < -0.3 is 44.6 Å². The van der Waals surface area contributed by atoms with Gasteiger partial charge in [0.05, 0.1) is 50.4 Å². The van der Waals surface area contributed by atoms with Gasteiger partial charge in [0.1, 0.15) is 29.2 Å². The lowest BCUT2D eigenvalue weighted by atomic mass is 10.1. The van der Waals surface area contributed by atoms with Crippen LogP contribution in [0.15, 0.2) is 34.7 Å². The number of aliphatic hydroxyl groups excluding tert-OH is 3. The third-order valence-corrected chi connectivity index (χ3v) is 7.41. The van der Waals surface area contributed by atoms with Gasteiger partial charge in [-0.25, -0.2) is 9.97 Å². The number of hydrogen-bond acceptors (Lipinski definition) is 12. The summed E-state index contributed by atoms with van der Waals surface area (Å²) in [6.45, 7) is 3.84. The van der Waals surface area contributed by atoms with Gasteiger partial charge >= 0.3 is 0 Å². The summed E-state index contributed by atoms with van der Waals surface area (Å²) in [7, 11) is 4.75. The van der Waals surface area contributed by atoms with Crippen molar-refractivity contribution in [2.24, 2.45) is 5.92 Å². The van der Waals surface area contributed by atoms with Crippen LogP contribution in [0, 0.1) is 19.8 Å². The lowest BCUT2D eigenvalue weighted by Gasteiger charge is -2.21. The number of aromatic nitrogens is 3. The Labute approximate surface area is 249 Å². The number of anilines is 2. The number of hydrogen-bond donors (Lipinski definition) is 5. The van der Waals surface area contributed by atoms with E-state index in [0.717, 1.165) is 10.9 Å². The second kappa shape index (κ2) is 13.0. The van der Waals surface area contributed by atoms with Crippen LogP contribution < -0.4 is 24.8 Å². The highest BCUT2D eigenvalue weighted by Crippen LogP contribution is 2.38. The van der Waals surface area contributed by atoms with E-state index in [4.69, 9.17) is 28.6 Å². The number of pyridine rings is 1. The molecule has 0 saturated heterocycles. The number of aliphatic hydroxyl groups is 3. The Balaban J connectivity index is 0.00000405. The number of nitrogens with zero attached hydrogens (tertiary/aromatic N) is 3. The maximum atomic E-state index is 10.7. The first kappa shape index (κ1) is 31.1. The molecule has 0 bridgehead atoms. The average Bonchev–Trinajstić information content (AvgIpc) is 3.52. The molecule has 0 aliphatic heterocycles. The van der Waals surface area contributed by atoms with Crippen LogP contribution in [-0.4, -0.2) is 76.5 Å². The number of benzene rings is 1. The molecule has 42 heavy (non-hydrogen) atoms. The molecule has 13 heteroatoms. The van der Waals surface area contributed by atoms with E-state index < -0.39 is 24.2 Å². The molecule has 0 radical (unpaired) electrons. The molecular formula is C29H36ClN5O7. The molecule has 3 heterocycles. The molecule has 1 aromatic carbocycles. The zero-order valence-corrected chi connectivity index (χ0v) is 24.9. The maximum Gasteiger partial charge on any atom is 0.225 e. The Hall–Kier alpha value is -3.84. The molecule has 4 aromatic rings. The zero-order valence-electron chi connectivity index (χ0n) is 24.0. The third kappa shape index (κ3) is 6.16. The van der Waals surface area contributed by atoms with Crippen molar-refractivity contribution in [1.29, 1.82) is 0 Å². The molecule has 0 unspecified atom stereocenters. The van der Waals surface area contributed by atoms with Gasteiger partial charge in [0, 0.05) is 36.6 Å². The van der Waals surface area contributed by atoms with Gasteiger partial charge in [0.15, 0.2) is 5.58 Å². The van der Waals surface area contributed by atoms with E-state index in [2.05, 4.69) is 15.6 Å². The first-order valence-corrected chi connectivity index (χ1v) is 13.3. The zero-order chi connectivity index (χ0) is 29.3. The van der Waals surface area contributed by atoms with Crippen LogP contribution >= 0.6 is 12.4 Å². The van der Waals surface area contributed by atoms with E-state index in [9.17, 15) is 15.3 Å². The molecule has 5 rings (SSSR count). The largest absolute Gasteiger partial charge is 0.497 e. The fourth-order valence-electron chi connectivity index (χ4n) is 5.23. The average molecular weight is 602 g/mol. The minimum Gasteiger partial charge on any atom is -0.497 e. The molecule has 12 nitrogen and oxygen atoms in total. The van der Waals surface area contributed by atoms with E-state index >= 15 is 0 Å². The van der Waals surface area contributed by atoms with Crippen LogP contribution in [0.25, 0.3) is 22.3 Å². The number of methoxy groups -OCH3 is 3. The number of aryl methyl sites for hydroxylation is 2. The lowest BCUT2D eigenvalue weighted by Crippen LogP contribution is -2.35. The summed E-state index contributed by atoms with van der Waals surface area (Å²) in [6, 6.07) is 8.68. The van der Waals surface area contributed by atoms with E-state index in [1.807, 2.05) is 32.0 Å². The summed E-state index contributed by atoms with van der Waals surface area (Å²) in [4.78, 5) is 13.9. The van der Waals surface area contributed by atoms with Crippen LogP contribution in [0.5, 0.6) is 17.4 Å². The number of rotatable bonds is 10. The Morgan fingerprint density at radius 2 is 1.62 bits per heavy atom. The van der Waals surface area contributed by atoms with Crippen molar-refractivity contribution >= 4 is 35.1 Å². The fourth-order valence-corrected chi connectivity index (χ4v) is 5.23. The van der Waals surface area contributed by atoms with Crippen molar-refractivity contribution in [1.82, 2.24) is 15.0 Å². The normalized spacial score (nSPS) is 19.8. The summed E-state index contributed by atoms with van der Waals surface area (Å²) in [5.41, 5.74) is 3.40. The molecule has 4 atom stereocenters. The number of ether oxygens (including phenoxy) is 3. The molecule has 1 aliphatic rings. The highest BCUT2D eigenvalue weighted by Gasteiger charge is 2.41. The highest BCUT2D eigenvalue weighted by atomic mass is 35.5. The number of fused-ring (bicyclic) bond motifs is 1. The fraction of sp³-hybridized carbons (Fsp3) is 0.414. The second-order valence-corrected chi connectivity index (χ2v) is 10.1. The first-order chi connectivity index (χ1) is 19.7. The minimum absolute atomic E-state index is 0. The molecule has 0 amide bonds. The number of furan rings is 1. The third-order valence-electron chi connectivity index (χ3n) is 7.41. The van der Waals surface area contributed by atoms with Crippen molar-refractivity contribution in [2.75, 3.05) is 38.6 Å². The van der Waals surface area contributed by atoms with Gasteiger partial charge in [-0.3, -0.25) is 0 Å². The van der Waals surface area contributed by atoms with Crippen LogP contribution in [0.2, 0.25) is 0 Å². The first-order valence-electron chi connectivity index (χ1n) is 13.3. The van der Waals surface area contributed by atoms with E-state index in [0.29, 0.717) is 70.4 Å². The standard InChI is InChI=1S/C29H35N5O7.ClH/c1-14-24(22-9-17-10-23(40-5)31-15(2)27(17)41-22)28(33-21-8-18(13-35)25(36)26(21)37)34-29(32-14)30-12-16-6-19(38-3)11-20(7-16)39-4;/h6-7,9-11,18,21,25-26,35-37H,8,12-13H2,1-5H3,(H2,30,32,33,34);1H/t18-,21-,25-,26+;/m1./s1. The molecule has 1 saturated carbocycles. The SMILES string of the molecule is COc1cc(CNc2nc(C)c(-c3cc4cc(OC)nc(C)c4o3)c(N[C@@H]3C[C@H](CO)[C@@H](O)[C@H]3O)n2)cc(OC)c1.Cl. The van der Waals surface area contributed by atoms with Crippen LogP contribution in [-0.2, 0) is 6.54 Å². The summed E-state index contributed by atoms with van der Waals surface area (Å²) in [6.07, 6.45) is -1.80. The topological polar surface area (TPSA) is 164 Å². The van der Waals surface area contributed by atoms with Crippen molar-refractivity contribution in [2.45, 2.75) is 45.1 Å². The summed E-state index contributed by atoms with van der Waals surface area (Å²) >= 11 is 0. The molecule has 0 spiro atoms. The Kier molecular flexibility index (Phi) is 9.62. The predicted octanol–water partition coefficient (Wildman–Crippen LogP) is 3.48. The van der Waals surface area contributed by atoms with Gasteiger partial charge in [-0.15, -0.1) is 12.4 Å². The molecule has 5 N–H and O–H groups in total. The van der Waals surface area contributed by atoms with Crippen molar-refractivity contribution in [3.05, 3.63) is 47.3 Å². The second-order valence-electron chi connectivity index (χ2n) is 10.1. The van der Waals surface area contributed by atoms with Crippen LogP contribution in [0.3, 0.4) is 0 Å². The van der Waals surface area contributed by atoms with Crippen molar-refractivity contribution < 1.29 is 33.9 Å². The maximum absolute atomic E-state index is 10.7. The molecule has 226 valence electrons. The highest BCUT2D eigenvalue weighted by molar-refractivity contribution is 5.88. The van der Waals surface area contributed by atoms with Crippen LogP contribution in [0.1, 0.15) is 23.4 Å².